The molecule has 1 fully saturated rings. The highest BCUT2D eigenvalue weighted by Gasteiger charge is 2.23. The largest absolute Gasteiger partial charge is 0.352 e. The number of aromatic nitrogens is 4. The molecule has 0 bridgehead atoms. The SMILES string of the molecule is O=C(NCc1ccc(F)cc1)N1CCN(c2ncnc3[nH]c(-c4cccnc4)cc23)CC1. The molecule has 0 aliphatic carbocycles. The van der Waals surface area contributed by atoms with Crippen LogP contribution in [0.25, 0.3) is 22.3 Å². The summed E-state index contributed by atoms with van der Waals surface area (Å²) in [6, 6.07) is 11.9. The average Bonchev–Trinajstić information content (AvgIpc) is 3.29. The Balaban J connectivity index is 1.24. The molecular formula is C23H22FN7O. The number of pyridine rings is 1. The third-order valence-corrected chi connectivity index (χ3v) is 5.60. The summed E-state index contributed by atoms with van der Waals surface area (Å²) in [6.45, 7) is 2.88. The number of H-pyrrole nitrogens is 1. The number of nitrogens with one attached hydrogen (secondary N) is 2. The fourth-order valence-electron chi connectivity index (χ4n) is 3.87. The molecule has 9 heteroatoms. The number of rotatable bonds is 4. The molecule has 0 saturated carbocycles. The van der Waals surface area contributed by atoms with E-state index in [9.17, 15) is 9.18 Å². The van der Waals surface area contributed by atoms with Crippen LogP contribution in [0.15, 0.2) is 61.2 Å². The highest BCUT2D eigenvalue weighted by molar-refractivity contribution is 5.92. The van der Waals surface area contributed by atoms with Gasteiger partial charge in [-0.05, 0) is 35.9 Å². The predicted molar refractivity (Wildman–Crippen MR) is 120 cm³/mol. The number of carbonyl (C=O) groups excluding carboxylic acids is 1. The van der Waals surface area contributed by atoms with Gasteiger partial charge in [0.05, 0.1) is 5.39 Å². The molecule has 4 aromatic rings. The van der Waals surface area contributed by atoms with E-state index >= 15 is 0 Å². The quantitative estimate of drug-likeness (QED) is 0.518. The van der Waals surface area contributed by atoms with Crippen molar-refractivity contribution in [3.63, 3.8) is 0 Å². The Hall–Kier alpha value is -4.01. The van der Waals surface area contributed by atoms with Crippen LogP contribution in [0.3, 0.4) is 0 Å². The van der Waals surface area contributed by atoms with Gasteiger partial charge < -0.3 is 20.1 Å². The summed E-state index contributed by atoms with van der Waals surface area (Å²) < 4.78 is 13.0. The zero-order chi connectivity index (χ0) is 21.9. The fourth-order valence-corrected chi connectivity index (χ4v) is 3.87. The second-order valence-electron chi connectivity index (χ2n) is 7.64. The molecule has 2 amide bonds. The standard InChI is InChI=1S/C23H22FN7O/c24-18-5-3-16(4-6-18)13-26-23(32)31-10-8-30(9-11-31)22-19-12-20(17-2-1-7-25-14-17)29-21(19)27-15-28-22/h1-7,12,14-15H,8-11,13H2,(H,26,32)(H,27,28,29). The molecule has 0 spiro atoms. The lowest BCUT2D eigenvalue weighted by molar-refractivity contribution is 0.194. The number of halogens is 1. The van der Waals surface area contributed by atoms with Gasteiger partial charge in [-0.2, -0.15) is 0 Å². The van der Waals surface area contributed by atoms with Crippen LogP contribution >= 0.6 is 0 Å². The molecule has 1 saturated heterocycles. The van der Waals surface area contributed by atoms with E-state index < -0.39 is 0 Å². The van der Waals surface area contributed by atoms with Crippen LogP contribution in [0.4, 0.5) is 15.0 Å². The van der Waals surface area contributed by atoms with Crippen molar-refractivity contribution >= 4 is 22.9 Å². The number of fused-ring (bicyclic) bond motifs is 1. The van der Waals surface area contributed by atoms with E-state index in [1.54, 1.807) is 35.8 Å². The number of carbonyl (C=O) groups is 1. The number of urea groups is 1. The fraction of sp³-hybridized carbons (Fsp3) is 0.217. The summed E-state index contributed by atoms with van der Waals surface area (Å²) >= 11 is 0. The molecule has 0 radical (unpaired) electrons. The lowest BCUT2D eigenvalue weighted by Crippen LogP contribution is -2.52. The number of aromatic amines is 1. The van der Waals surface area contributed by atoms with Gasteiger partial charge in [0.2, 0.25) is 0 Å². The highest BCUT2D eigenvalue weighted by Crippen LogP contribution is 2.28. The third-order valence-electron chi connectivity index (χ3n) is 5.60. The van der Waals surface area contributed by atoms with E-state index in [-0.39, 0.29) is 11.8 Å². The van der Waals surface area contributed by atoms with E-state index in [1.165, 1.54) is 12.1 Å². The van der Waals surface area contributed by atoms with E-state index in [1.807, 2.05) is 18.2 Å². The van der Waals surface area contributed by atoms with Crippen LogP contribution in [0.1, 0.15) is 5.56 Å². The van der Waals surface area contributed by atoms with Gasteiger partial charge in [-0.1, -0.05) is 12.1 Å². The highest BCUT2D eigenvalue weighted by atomic mass is 19.1. The molecule has 0 atom stereocenters. The molecule has 8 nitrogen and oxygen atoms in total. The van der Waals surface area contributed by atoms with Crippen LogP contribution < -0.4 is 10.2 Å². The molecule has 1 aliphatic rings. The summed E-state index contributed by atoms with van der Waals surface area (Å²) in [5.41, 5.74) is 3.56. The average molecular weight is 431 g/mol. The summed E-state index contributed by atoms with van der Waals surface area (Å²) in [7, 11) is 0. The number of piperazine rings is 1. The summed E-state index contributed by atoms with van der Waals surface area (Å²) in [6.07, 6.45) is 5.11. The molecule has 162 valence electrons. The van der Waals surface area contributed by atoms with Crippen molar-refractivity contribution < 1.29 is 9.18 Å². The molecular weight excluding hydrogens is 409 g/mol. The Morgan fingerprint density at radius 3 is 2.66 bits per heavy atom. The molecule has 4 heterocycles. The smallest absolute Gasteiger partial charge is 0.317 e. The van der Waals surface area contributed by atoms with Crippen LogP contribution in [0, 0.1) is 5.82 Å². The summed E-state index contributed by atoms with van der Waals surface area (Å²) in [5, 5.41) is 3.85. The van der Waals surface area contributed by atoms with Crippen molar-refractivity contribution in [3.8, 4) is 11.3 Å². The molecule has 5 rings (SSSR count). The van der Waals surface area contributed by atoms with Crippen molar-refractivity contribution in [2.24, 2.45) is 0 Å². The second-order valence-corrected chi connectivity index (χ2v) is 7.64. The Kier molecular flexibility index (Phi) is 5.37. The monoisotopic (exact) mass is 431 g/mol. The van der Waals surface area contributed by atoms with Gasteiger partial charge in [-0.3, -0.25) is 4.98 Å². The van der Waals surface area contributed by atoms with Gasteiger partial charge in [0, 0.05) is 56.4 Å². The first kappa shape index (κ1) is 19.9. The number of nitrogens with zero attached hydrogens (tertiary/aromatic N) is 5. The van der Waals surface area contributed by atoms with Crippen molar-refractivity contribution in [2.75, 3.05) is 31.1 Å². The normalized spacial score (nSPS) is 14.0. The third kappa shape index (κ3) is 4.09. The maximum atomic E-state index is 13.0. The summed E-state index contributed by atoms with van der Waals surface area (Å²) in [4.78, 5) is 32.9. The number of anilines is 1. The first-order chi connectivity index (χ1) is 15.7. The number of benzene rings is 1. The predicted octanol–water partition coefficient (Wildman–Crippen LogP) is 3.19. The topological polar surface area (TPSA) is 90.0 Å². The van der Waals surface area contributed by atoms with Crippen molar-refractivity contribution in [3.05, 3.63) is 72.6 Å². The molecule has 1 aliphatic heterocycles. The minimum Gasteiger partial charge on any atom is -0.352 e. The van der Waals surface area contributed by atoms with E-state index in [4.69, 9.17) is 0 Å². The lowest BCUT2D eigenvalue weighted by atomic mass is 10.2. The minimum atomic E-state index is -0.287. The Bertz CT molecular complexity index is 1220. The van der Waals surface area contributed by atoms with E-state index in [0.717, 1.165) is 33.7 Å². The van der Waals surface area contributed by atoms with Gasteiger partial charge in [0.15, 0.2) is 0 Å². The second kappa shape index (κ2) is 8.62. The Morgan fingerprint density at radius 1 is 1.09 bits per heavy atom. The first-order valence-corrected chi connectivity index (χ1v) is 10.4. The molecule has 2 N–H and O–H groups in total. The van der Waals surface area contributed by atoms with Crippen LogP contribution in [-0.2, 0) is 6.54 Å². The zero-order valence-corrected chi connectivity index (χ0v) is 17.3. The minimum absolute atomic E-state index is 0.123. The Morgan fingerprint density at radius 2 is 1.91 bits per heavy atom. The first-order valence-electron chi connectivity index (χ1n) is 10.4. The summed E-state index contributed by atoms with van der Waals surface area (Å²) in [5.74, 6) is 0.567. The number of amides is 2. The molecule has 3 aromatic heterocycles. The molecule has 1 aromatic carbocycles. The van der Waals surface area contributed by atoms with Gasteiger partial charge in [-0.25, -0.2) is 19.2 Å². The van der Waals surface area contributed by atoms with Crippen molar-refractivity contribution in [1.82, 2.24) is 30.2 Å². The Labute approximate surface area is 184 Å². The van der Waals surface area contributed by atoms with Crippen molar-refractivity contribution in [2.45, 2.75) is 6.54 Å². The zero-order valence-electron chi connectivity index (χ0n) is 17.3. The van der Waals surface area contributed by atoms with E-state index in [0.29, 0.717) is 32.7 Å². The van der Waals surface area contributed by atoms with E-state index in [2.05, 4.69) is 30.2 Å². The maximum absolute atomic E-state index is 13.0. The molecule has 32 heavy (non-hydrogen) atoms. The number of hydrogen-bond donors (Lipinski definition) is 2. The lowest BCUT2D eigenvalue weighted by Gasteiger charge is -2.35. The van der Waals surface area contributed by atoms with Crippen LogP contribution in [0.2, 0.25) is 0 Å². The van der Waals surface area contributed by atoms with Gasteiger partial charge in [-0.15, -0.1) is 0 Å². The van der Waals surface area contributed by atoms with Crippen LogP contribution in [0.5, 0.6) is 0 Å². The van der Waals surface area contributed by atoms with Gasteiger partial charge >= 0.3 is 6.03 Å². The number of hydrogen-bond acceptors (Lipinski definition) is 5. The van der Waals surface area contributed by atoms with Crippen molar-refractivity contribution in [1.29, 1.82) is 0 Å². The van der Waals surface area contributed by atoms with Gasteiger partial charge in [0.25, 0.3) is 0 Å². The van der Waals surface area contributed by atoms with Gasteiger partial charge in [0.1, 0.15) is 23.6 Å². The maximum Gasteiger partial charge on any atom is 0.317 e. The molecule has 0 unspecified atom stereocenters. The van der Waals surface area contributed by atoms with Crippen LogP contribution in [-0.4, -0.2) is 57.0 Å².